The van der Waals surface area contributed by atoms with E-state index in [1.54, 1.807) is 20.8 Å². The van der Waals surface area contributed by atoms with Crippen LogP contribution in [0.1, 0.15) is 16.8 Å². The number of rotatable bonds is 0. The molecule has 2 rings (SSSR count). The van der Waals surface area contributed by atoms with Gasteiger partial charge in [0.1, 0.15) is 11.5 Å². The average molecular weight is 219 g/mol. The van der Waals surface area contributed by atoms with Gasteiger partial charge in [-0.05, 0) is 32.4 Å². The van der Waals surface area contributed by atoms with Crippen molar-refractivity contribution < 1.29 is 10.2 Å². The highest BCUT2D eigenvalue weighted by molar-refractivity contribution is 5.91. The summed E-state index contributed by atoms with van der Waals surface area (Å²) in [7, 11) is 0. The van der Waals surface area contributed by atoms with Gasteiger partial charge in [-0.15, -0.1) is 0 Å². The number of benzene rings is 1. The average Bonchev–Trinajstić information content (AvgIpc) is 2.22. The highest BCUT2D eigenvalue weighted by atomic mass is 16.3. The zero-order valence-corrected chi connectivity index (χ0v) is 9.38. The van der Waals surface area contributed by atoms with Gasteiger partial charge in [-0.25, -0.2) is 0 Å². The van der Waals surface area contributed by atoms with Crippen LogP contribution in [0.25, 0.3) is 10.9 Å². The molecule has 4 heteroatoms. The molecule has 0 amide bonds. The molecule has 0 radical (unpaired) electrons. The third kappa shape index (κ3) is 1.26. The molecule has 0 saturated heterocycles. The standard InChI is InChI=1S/C12H13NO3/c1-5-4-8(14)10-9(11(5)15)12(16)6(2)7(3)13-10/h4,14-15H,1-3H3,(H,13,16). The van der Waals surface area contributed by atoms with E-state index in [2.05, 4.69) is 4.98 Å². The highest BCUT2D eigenvalue weighted by Gasteiger charge is 2.14. The Kier molecular flexibility index (Phi) is 2.15. The van der Waals surface area contributed by atoms with Crippen LogP contribution in [0.2, 0.25) is 0 Å². The number of pyridine rings is 1. The van der Waals surface area contributed by atoms with Crippen LogP contribution in [0.5, 0.6) is 11.5 Å². The zero-order chi connectivity index (χ0) is 12.0. The first-order valence-corrected chi connectivity index (χ1v) is 4.98. The molecule has 0 fully saturated rings. The van der Waals surface area contributed by atoms with Crippen molar-refractivity contribution in [2.24, 2.45) is 0 Å². The number of phenols is 2. The molecule has 1 aromatic carbocycles. The molecule has 0 unspecified atom stereocenters. The van der Waals surface area contributed by atoms with E-state index in [0.717, 1.165) is 0 Å². The molecule has 0 atom stereocenters. The Morgan fingerprint density at radius 1 is 1.19 bits per heavy atom. The quantitative estimate of drug-likeness (QED) is 0.592. The monoisotopic (exact) mass is 219 g/mol. The first kappa shape index (κ1) is 10.5. The molecular weight excluding hydrogens is 206 g/mol. The van der Waals surface area contributed by atoms with Gasteiger partial charge < -0.3 is 15.2 Å². The number of aryl methyl sites for hydroxylation is 2. The summed E-state index contributed by atoms with van der Waals surface area (Å²) >= 11 is 0. The molecule has 0 aliphatic carbocycles. The third-order valence-electron chi connectivity index (χ3n) is 2.91. The normalized spacial score (nSPS) is 10.9. The van der Waals surface area contributed by atoms with E-state index in [4.69, 9.17) is 0 Å². The second kappa shape index (κ2) is 3.27. The van der Waals surface area contributed by atoms with Crippen molar-refractivity contribution >= 4 is 10.9 Å². The molecule has 0 aliphatic heterocycles. The number of aromatic hydroxyl groups is 2. The van der Waals surface area contributed by atoms with Crippen molar-refractivity contribution in [3.63, 3.8) is 0 Å². The molecular formula is C12H13NO3. The Morgan fingerprint density at radius 2 is 1.81 bits per heavy atom. The zero-order valence-electron chi connectivity index (χ0n) is 9.38. The smallest absolute Gasteiger partial charge is 0.196 e. The largest absolute Gasteiger partial charge is 0.507 e. The number of fused-ring (bicyclic) bond motifs is 1. The van der Waals surface area contributed by atoms with Crippen LogP contribution in [-0.4, -0.2) is 15.2 Å². The minimum absolute atomic E-state index is 0.0227. The number of phenolic OH excluding ortho intramolecular Hbond substituents is 2. The van der Waals surface area contributed by atoms with Gasteiger partial charge in [0.25, 0.3) is 0 Å². The maximum Gasteiger partial charge on any atom is 0.196 e. The molecule has 4 nitrogen and oxygen atoms in total. The van der Waals surface area contributed by atoms with Gasteiger partial charge in [0.2, 0.25) is 0 Å². The van der Waals surface area contributed by atoms with Crippen molar-refractivity contribution in [3.05, 3.63) is 33.1 Å². The van der Waals surface area contributed by atoms with Crippen LogP contribution < -0.4 is 5.43 Å². The Hall–Kier alpha value is -1.97. The molecule has 0 saturated carbocycles. The summed E-state index contributed by atoms with van der Waals surface area (Å²) in [5.74, 6) is -0.0948. The molecule has 0 aliphatic rings. The van der Waals surface area contributed by atoms with E-state index in [1.165, 1.54) is 6.07 Å². The second-order valence-electron chi connectivity index (χ2n) is 4.02. The van der Waals surface area contributed by atoms with E-state index < -0.39 is 0 Å². The molecule has 0 bridgehead atoms. The fourth-order valence-electron chi connectivity index (χ4n) is 1.78. The van der Waals surface area contributed by atoms with Crippen LogP contribution in [0.3, 0.4) is 0 Å². The van der Waals surface area contributed by atoms with Crippen molar-refractivity contribution in [1.82, 2.24) is 4.98 Å². The summed E-state index contributed by atoms with van der Waals surface area (Å²) in [5.41, 5.74) is 1.77. The SMILES string of the molecule is Cc1cc(O)c2[nH]c(C)c(C)c(=O)c2c1O. The molecule has 2 aromatic rings. The first-order chi connectivity index (χ1) is 7.43. The van der Waals surface area contributed by atoms with Gasteiger partial charge in [-0.3, -0.25) is 4.79 Å². The number of hydrogen-bond acceptors (Lipinski definition) is 3. The fourth-order valence-corrected chi connectivity index (χ4v) is 1.78. The van der Waals surface area contributed by atoms with Gasteiger partial charge in [-0.1, -0.05) is 0 Å². The highest BCUT2D eigenvalue weighted by Crippen LogP contribution is 2.32. The van der Waals surface area contributed by atoms with Crippen molar-refractivity contribution in [1.29, 1.82) is 0 Å². The summed E-state index contributed by atoms with van der Waals surface area (Å²) in [6.45, 7) is 5.09. The molecule has 1 heterocycles. The van der Waals surface area contributed by atoms with Gasteiger partial charge in [0.05, 0.1) is 10.9 Å². The van der Waals surface area contributed by atoms with E-state index in [9.17, 15) is 15.0 Å². The van der Waals surface area contributed by atoms with E-state index in [0.29, 0.717) is 16.8 Å². The Bertz CT molecular complexity index is 641. The van der Waals surface area contributed by atoms with E-state index in [1.807, 2.05) is 0 Å². The van der Waals surface area contributed by atoms with Gasteiger partial charge in [0, 0.05) is 11.3 Å². The Labute approximate surface area is 92.2 Å². The maximum atomic E-state index is 12.0. The van der Waals surface area contributed by atoms with Crippen LogP contribution in [0, 0.1) is 20.8 Å². The summed E-state index contributed by atoms with van der Waals surface area (Å²) < 4.78 is 0. The molecule has 0 spiro atoms. The lowest BCUT2D eigenvalue weighted by Gasteiger charge is -2.09. The Morgan fingerprint density at radius 3 is 2.44 bits per heavy atom. The minimum Gasteiger partial charge on any atom is -0.507 e. The summed E-state index contributed by atoms with van der Waals surface area (Å²) in [6.07, 6.45) is 0. The van der Waals surface area contributed by atoms with Gasteiger partial charge in [0.15, 0.2) is 5.43 Å². The number of aromatic amines is 1. The van der Waals surface area contributed by atoms with Crippen LogP contribution >= 0.6 is 0 Å². The lowest BCUT2D eigenvalue weighted by molar-refractivity contribution is 0.464. The maximum absolute atomic E-state index is 12.0. The third-order valence-corrected chi connectivity index (χ3v) is 2.91. The number of H-pyrrole nitrogens is 1. The fraction of sp³-hybridized carbons (Fsp3) is 0.250. The van der Waals surface area contributed by atoms with Crippen molar-refractivity contribution in [2.45, 2.75) is 20.8 Å². The lowest BCUT2D eigenvalue weighted by Crippen LogP contribution is -2.10. The summed E-state index contributed by atoms with van der Waals surface area (Å²) in [4.78, 5) is 14.9. The second-order valence-corrected chi connectivity index (χ2v) is 4.02. The van der Waals surface area contributed by atoms with Gasteiger partial charge >= 0.3 is 0 Å². The number of hydrogen-bond donors (Lipinski definition) is 3. The minimum atomic E-state index is -0.247. The number of nitrogens with one attached hydrogen (secondary N) is 1. The van der Waals surface area contributed by atoms with Crippen LogP contribution in [-0.2, 0) is 0 Å². The van der Waals surface area contributed by atoms with E-state index >= 15 is 0 Å². The van der Waals surface area contributed by atoms with Crippen molar-refractivity contribution in [2.75, 3.05) is 0 Å². The summed E-state index contributed by atoms with van der Waals surface area (Å²) in [5, 5.41) is 19.7. The Balaban J connectivity index is 3.14. The van der Waals surface area contributed by atoms with Crippen molar-refractivity contribution in [3.8, 4) is 11.5 Å². The predicted octanol–water partition coefficient (Wildman–Crippen LogP) is 1.86. The number of aromatic nitrogens is 1. The topological polar surface area (TPSA) is 73.3 Å². The van der Waals surface area contributed by atoms with Gasteiger partial charge in [-0.2, -0.15) is 0 Å². The van der Waals surface area contributed by atoms with Crippen LogP contribution in [0.15, 0.2) is 10.9 Å². The van der Waals surface area contributed by atoms with Crippen LogP contribution in [0.4, 0.5) is 0 Å². The molecule has 1 aromatic heterocycles. The summed E-state index contributed by atoms with van der Waals surface area (Å²) in [6, 6.07) is 1.43. The van der Waals surface area contributed by atoms with E-state index in [-0.39, 0.29) is 27.8 Å². The molecule has 16 heavy (non-hydrogen) atoms. The molecule has 84 valence electrons. The first-order valence-electron chi connectivity index (χ1n) is 4.98. The molecule has 3 N–H and O–H groups in total. The predicted molar refractivity (Wildman–Crippen MR) is 62.1 cm³/mol. The lowest BCUT2D eigenvalue weighted by atomic mass is 10.1.